The lowest BCUT2D eigenvalue weighted by atomic mass is 9.71. The lowest BCUT2D eigenvalue weighted by molar-refractivity contribution is -0.130. The number of carbonyl (C=O) groups is 1. The van der Waals surface area contributed by atoms with Crippen LogP contribution in [-0.4, -0.2) is 65.6 Å². The number of rotatable bonds is 10. The third kappa shape index (κ3) is 6.64. The Hall–Kier alpha value is -3.26. The van der Waals surface area contributed by atoms with Gasteiger partial charge in [-0.25, -0.2) is 4.98 Å². The van der Waals surface area contributed by atoms with Gasteiger partial charge in [0.25, 0.3) is 0 Å². The van der Waals surface area contributed by atoms with Crippen LogP contribution in [0.1, 0.15) is 48.8 Å². The highest BCUT2D eigenvalue weighted by atomic mass is 79.9. The van der Waals surface area contributed by atoms with E-state index in [9.17, 15) is 9.90 Å². The Morgan fingerprint density at radius 1 is 0.976 bits per heavy atom. The molecule has 2 atom stereocenters. The molecule has 0 aliphatic carbocycles. The van der Waals surface area contributed by atoms with Gasteiger partial charge in [-0.3, -0.25) is 9.69 Å². The van der Waals surface area contributed by atoms with E-state index >= 15 is 0 Å². The molecule has 41 heavy (non-hydrogen) atoms. The van der Waals surface area contributed by atoms with Gasteiger partial charge in [-0.2, -0.15) is 0 Å². The van der Waals surface area contributed by atoms with Crippen LogP contribution in [0.25, 0.3) is 10.9 Å². The number of unbranched alkanes of at least 4 members (excludes halogenated alkanes) is 1. The Morgan fingerprint density at radius 2 is 1.66 bits per heavy atom. The molecule has 0 saturated carbocycles. The Bertz CT molecular complexity index is 1460. The summed E-state index contributed by atoms with van der Waals surface area (Å²) in [5.74, 6) is 0.262. The monoisotopic (exact) mass is 615 g/mol. The van der Waals surface area contributed by atoms with E-state index < -0.39 is 11.5 Å². The Balaban J connectivity index is 1.49. The van der Waals surface area contributed by atoms with Crippen molar-refractivity contribution in [2.24, 2.45) is 0 Å². The van der Waals surface area contributed by atoms with Crippen molar-refractivity contribution < 1.29 is 14.6 Å². The van der Waals surface area contributed by atoms with Gasteiger partial charge in [-0.05, 0) is 61.2 Å². The van der Waals surface area contributed by atoms with E-state index in [1.807, 2.05) is 65.6 Å². The number of carbonyl (C=O) groups excluding carboxylic acids is 1. The zero-order valence-corrected chi connectivity index (χ0v) is 25.4. The first-order valence-electron chi connectivity index (χ1n) is 14.3. The van der Waals surface area contributed by atoms with E-state index in [0.29, 0.717) is 12.3 Å². The minimum Gasteiger partial charge on any atom is -0.481 e. The third-order valence-corrected chi connectivity index (χ3v) is 8.75. The average molecular weight is 617 g/mol. The van der Waals surface area contributed by atoms with E-state index in [-0.39, 0.29) is 5.91 Å². The molecule has 1 N–H and O–H groups in total. The minimum atomic E-state index is -1.20. The summed E-state index contributed by atoms with van der Waals surface area (Å²) in [6.07, 6.45) is 2.37. The molecule has 1 saturated heterocycles. The fourth-order valence-electron chi connectivity index (χ4n) is 6.07. The molecule has 5 rings (SSSR count). The van der Waals surface area contributed by atoms with Crippen LogP contribution < -0.4 is 4.74 Å². The van der Waals surface area contributed by atoms with Crippen LogP contribution in [0.15, 0.2) is 89.4 Å². The smallest absolute Gasteiger partial charge is 0.219 e. The highest BCUT2D eigenvalue weighted by Gasteiger charge is 2.42. The number of aliphatic hydroxyl groups is 1. The van der Waals surface area contributed by atoms with Crippen molar-refractivity contribution in [3.05, 3.63) is 106 Å². The number of amides is 1. The Kier molecular flexibility index (Phi) is 9.38. The Labute approximate surface area is 251 Å². The van der Waals surface area contributed by atoms with Crippen LogP contribution in [0.5, 0.6) is 5.88 Å². The number of fused-ring (bicyclic) bond motifs is 1. The number of benzene rings is 3. The zero-order chi connectivity index (χ0) is 28.8. The maximum Gasteiger partial charge on any atom is 0.219 e. The van der Waals surface area contributed by atoms with Gasteiger partial charge in [-0.1, -0.05) is 76.6 Å². The lowest BCUT2D eigenvalue weighted by Crippen LogP contribution is -2.48. The topological polar surface area (TPSA) is 65.9 Å². The number of halogens is 1. The molecule has 1 aliphatic heterocycles. The quantitative estimate of drug-likeness (QED) is 0.210. The molecule has 6 nitrogen and oxygen atoms in total. The zero-order valence-electron chi connectivity index (χ0n) is 23.8. The highest BCUT2D eigenvalue weighted by molar-refractivity contribution is 9.10. The second-order valence-electron chi connectivity index (χ2n) is 10.9. The molecule has 0 spiro atoms. The predicted molar refractivity (Wildman–Crippen MR) is 167 cm³/mol. The SMILES string of the molecule is COc1nc2ccc(Br)cc2cc1C(c1ccccc1)C(O)(CCCCN1CCN(C(C)=O)CC1)c1ccccc1. The van der Waals surface area contributed by atoms with E-state index in [0.717, 1.165) is 77.6 Å². The van der Waals surface area contributed by atoms with Crippen molar-refractivity contribution in [3.8, 4) is 5.88 Å². The number of nitrogens with zero attached hydrogens (tertiary/aromatic N) is 3. The molecule has 3 aromatic carbocycles. The standard InChI is InChI=1S/C34H38BrN3O3/c1-25(39)38-21-19-37(20-22-38)18-10-9-17-34(40,28-13-7-4-8-14-28)32(26-11-5-3-6-12-26)30-24-27-23-29(35)15-16-31(27)36-33(30)41-2/h3-8,11-16,23-24,32,40H,9-10,17-22H2,1-2H3. The van der Waals surface area contributed by atoms with E-state index in [1.54, 1.807) is 14.0 Å². The van der Waals surface area contributed by atoms with Crippen molar-refractivity contribution in [1.29, 1.82) is 0 Å². The predicted octanol–water partition coefficient (Wildman–Crippen LogP) is 6.36. The number of aromatic nitrogens is 1. The van der Waals surface area contributed by atoms with Crippen LogP contribution in [0.3, 0.4) is 0 Å². The fraction of sp³-hybridized carbons (Fsp3) is 0.353. The Morgan fingerprint density at radius 3 is 2.32 bits per heavy atom. The summed E-state index contributed by atoms with van der Waals surface area (Å²) in [6.45, 7) is 5.94. The van der Waals surface area contributed by atoms with Gasteiger partial charge in [-0.15, -0.1) is 0 Å². The summed E-state index contributed by atoms with van der Waals surface area (Å²) < 4.78 is 6.85. The second kappa shape index (κ2) is 13.1. The van der Waals surface area contributed by atoms with Gasteiger partial charge >= 0.3 is 0 Å². The second-order valence-corrected chi connectivity index (χ2v) is 11.8. The van der Waals surface area contributed by atoms with E-state index in [1.165, 1.54) is 0 Å². The molecule has 0 bridgehead atoms. The third-order valence-electron chi connectivity index (χ3n) is 8.26. The van der Waals surface area contributed by atoms with Gasteiger partial charge in [0.2, 0.25) is 11.8 Å². The van der Waals surface area contributed by atoms with Gasteiger partial charge in [0.1, 0.15) is 5.60 Å². The van der Waals surface area contributed by atoms with Crippen LogP contribution in [0.4, 0.5) is 0 Å². The first-order valence-corrected chi connectivity index (χ1v) is 15.1. The number of piperazine rings is 1. The summed E-state index contributed by atoms with van der Waals surface area (Å²) in [6, 6.07) is 28.3. The van der Waals surface area contributed by atoms with Crippen molar-refractivity contribution in [1.82, 2.24) is 14.8 Å². The van der Waals surface area contributed by atoms with Crippen LogP contribution >= 0.6 is 15.9 Å². The summed E-state index contributed by atoms with van der Waals surface area (Å²) in [7, 11) is 1.64. The van der Waals surface area contributed by atoms with E-state index in [4.69, 9.17) is 9.72 Å². The summed E-state index contributed by atoms with van der Waals surface area (Å²) in [4.78, 5) is 20.9. The van der Waals surface area contributed by atoms with Crippen molar-refractivity contribution in [2.75, 3.05) is 39.8 Å². The molecular weight excluding hydrogens is 578 g/mol. The molecular formula is C34H38BrN3O3. The normalized spacial score (nSPS) is 16.3. The number of ether oxygens (including phenoxy) is 1. The summed E-state index contributed by atoms with van der Waals surface area (Å²) >= 11 is 3.60. The summed E-state index contributed by atoms with van der Waals surface area (Å²) in [5, 5.41) is 13.9. The molecule has 214 valence electrons. The van der Waals surface area contributed by atoms with E-state index in [2.05, 4.69) is 45.1 Å². The lowest BCUT2D eigenvalue weighted by Gasteiger charge is -2.39. The number of hydrogen-bond donors (Lipinski definition) is 1. The maximum atomic E-state index is 12.9. The molecule has 4 aromatic rings. The number of pyridine rings is 1. The van der Waals surface area contributed by atoms with Gasteiger partial charge in [0.15, 0.2) is 0 Å². The number of hydrogen-bond acceptors (Lipinski definition) is 5. The van der Waals surface area contributed by atoms with Gasteiger partial charge in [0.05, 0.1) is 12.6 Å². The highest BCUT2D eigenvalue weighted by Crippen LogP contribution is 2.48. The number of methoxy groups -OCH3 is 1. The van der Waals surface area contributed by atoms with Crippen LogP contribution in [0, 0.1) is 0 Å². The van der Waals surface area contributed by atoms with Gasteiger partial charge < -0.3 is 14.7 Å². The molecule has 1 amide bonds. The van der Waals surface area contributed by atoms with Crippen molar-refractivity contribution >= 4 is 32.7 Å². The molecule has 7 heteroatoms. The average Bonchev–Trinajstić information content (AvgIpc) is 3.00. The molecule has 1 aliphatic rings. The van der Waals surface area contributed by atoms with Crippen LogP contribution in [0.2, 0.25) is 0 Å². The molecule has 2 unspecified atom stereocenters. The largest absolute Gasteiger partial charge is 0.481 e. The first-order chi connectivity index (χ1) is 19.9. The fourth-order valence-corrected chi connectivity index (χ4v) is 6.45. The first kappa shape index (κ1) is 29.2. The van der Waals surface area contributed by atoms with Gasteiger partial charge in [0, 0.05) is 54.4 Å². The minimum absolute atomic E-state index is 0.149. The molecule has 1 fully saturated rings. The molecule has 1 aromatic heterocycles. The van der Waals surface area contributed by atoms with Crippen LogP contribution in [-0.2, 0) is 10.4 Å². The molecule has 0 radical (unpaired) electrons. The van der Waals surface area contributed by atoms with Crippen molar-refractivity contribution in [2.45, 2.75) is 37.7 Å². The maximum absolute atomic E-state index is 12.9. The van der Waals surface area contributed by atoms with Crippen molar-refractivity contribution in [3.63, 3.8) is 0 Å². The molecule has 2 heterocycles. The summed E-state index contributed by atoms with van der Waals surface area (Å²) in [5.41, 5.74) is 2.38.